The van der Waals surface area contributed by atoms with Gasteiger partial charge in [0.15, 0.2) is 25.2 Å². The molecule has 29 heavy (non-hydrogen) atoms. The SMILES string of the molecule is Cc1ccc2oc(C(=O)N3CCC[C@H](c4nnsc4S(C)(=O)=O)C3)cc(=O)c2c1. The van der Waals surface area contributed by atoms with Gasteiger partial charge in [-0.3, -0.25) is 9.59 Å². The van der Waals surface area contributed by atoms with Gasteiger partial charge in [0.1, 0.15) is 5.58 Å². The van der Waals surface area contributed by atoms with Gasteiger partial charge in [0.25, 0.3) is 5.91 Å². The molecule has 152 valence electrons. The van der Waals surface area contributed by atoms with E-state index in [4.69, 9.17) is 4.42 Å². The van der Waals surface area contributed by atoms with Crippen molar-refractivity contribution in [2.75, 3.05) is 19.3 Å². The lowest BCUT2D eigenvalue weighted by Gasteiger charge is -2.31. The molecule has 0 N–H and O–H groups in total. The molecule has 1 fully saturated rings. The Morgan fingerprint density at radius 2 is 2.10 bits per heavy atom. The first kappa shape index (κ1) is 19.7. The Labute approximate surface area is 171 Å². The minimum absolute atomic E-state index is 0.0215. The van der Waals surface area contributed by atoms with E-state index >= 15 is 0 Å². The van der Waals surface area contributed by atoms with Gasteiger partial charge in [0.05, 0.1) is 11.1 Å². The first-order valence-electron chi connectivity index (χ1n) is 9.10. The summed E-state index contributed by atoms with van der Waals surface area (Å²) in [5.41, 5.74) is 1.43. The van der Waals surface area contributed by atoms with E-state index < -0.39 is 15.7 Å². The van der Waals surface area contributed by atoms with Crippen LogP contribution in [-0.2, 0) is 9.84 Å². The highest BCUT2D eigenvalue weighted by Gasteiger charge is 2.32. The maximum atomic E-state index is 13.0. The third kappa shape index (κ3) is 3.82. The van der Waals surface area contributed by atoms with Crippen molar-refractivity contribution >= 4 is 38.2 Å². The molecular weight excluding hydrogens is 414 g/mol. The van der Waals surface area contributed by atoms with Gasteiger partial charge in [-0.2, -0.15) is 0 Å². The molecule has 1 aliphatic heterocycles. The summed E-state index contributed by atoms with van der Waals surface area (Å²) in [6.07, 6.45) is 2.52. The Morgan fingerprint density at radius 1 is 1.31 bits per heavy atom. The van der Waals surface area contributed by atoms with E-state index in [-0.39, 0.29) is 21.3 Å². The summed E-state index contributed by atoms with van der Waals surface area (Å²) in [6.45, 7) is 2.67. The molecule has 1 atom stereocenters. The van der Waals surface area contributed by atoms with Crippen LogP contribution in [0.25, 0.3) is 11.0 Å². The zero-order valence-corrected chi connectivity index (χ0v) is 17.5. The monoisotopic (exact) mass is 433 g/mol. The molecule has 3 aromatic rings. The smallest absolute Gasteiger partial charge is 0.289 e. The molecular formula is C19H19N3O5S2. The van der Waals surface area contributed by atoms with E-state index in [9.17, 15) is 18.0 Å². The van der Waals surface area contributed by atoms with Gasteiger partial charge < -0.3 is 9.32 Å². The van der Waals surface area contributed by atoms with Crippen molar-refractivity contribution < 1.29 is 17.6 Å². The Balaban J connectivity index is 1.63. The summed E-state index contributed by atoms with van der Waals surface area (Å²) in [4.78, 5) is 27.0. The number of carbonyl (C=O) groups is 1. The van der Waals surface area contributed by atoms with Crippen LogP contribution >= 0.6 is 11.5 Å². The second-order valence-corrected chi connectivity index (χ2v) is 10.2. The Morgan fingerprint density at radius 3 is 2.86 bits per heavy atom. The quantitative estimate of drug-likeness (QED) is 0.623. The fraction of sp³-hybridized carbons (Fsp3) is 0.368. The Kier molecular flexibility index (Phi) is 4.99. The minimum atomic E-state index is -3.43. The number of nitrogens with zero attached hydrogens (tertiary/aromatic N) is 3. The minimum Gasteiger partial charge on any atom is -0.451 e. The van der Waals surface area contributed by atoms with Crippen molar-refractivity contribution in [3.8, 4) is 0 Å². The fourth-order valence-corrected chi connectivity index (χ4v) is 5.34. The van der Waals surface area contributed by atoms with Crippen molar-refractivity contribution in [3.05, 3.63) is 51.5 Å². The first-order chi connectivity index (χ1) is 13.7. The summed E-state index contributed by atoms with van der Waals surface area (Å²) >= 11 is 0.848. The lowest BCUT2D eigenvalue weighted by Crippen LogP contribution is -2.39. The van der Waals surface area contributed by atoms with Crippen LogP contribution in [0.5, 0.6) is 0 Å². The highest BCUT2D eigenvalue weighted by molar-refractivity contribution is 7.92. The summed E-state index contributed by atoms with van der Waals surface area (Å²) in [6, 6.07) is 6.45. The normalized spacial score (nSPS) is 17.6. The molecule has 8 nitrogen and oxygen atoms in total. The number of amides is 1. The number of hydrogen-bond donors (Lipinski definition) is 0. The molecule has 0 aliphatic carbocycles. The summed E-state index contributed by atoms with van der Waals surface area (Å²) < 4.78 is 33.6. The van der Waals surface area contributed by atoms with E-state index in [2.05, 4.69) is 9.59 Å². The van der Waals surface area contributed by atoms with E-state index in [0.29, 0.717) is 42.6 Å². The molecule has 0 bridgehead atoms. The zero-order chi connectivity index (χ0) is 20.8. The number of rotatable bonds is 3. The summed E-state index contributed by atoms with van der Waals surface area (Å²) in [5, 5.41) is 4.45. The number of hydrogen-bond acceptors (Lipinski definition) is 8. The molecule has 0 spiro atoms. The summed E-state index contributed by atoms with van der Waals surface area (Å²) in [5.74, 6) is -0.642. The van der Waals surface area contributed by atoms with Gasteiger partial charge in [0.2, 0.25) is 0 Å². The molecule has 0 unspecified atom stereocenters. The van der Waals surface area contributed by atoms with Crippen molar-refractivity contribution in [2.24, 2.45) is 0 Å². The molecule has 1 aliphatic rings. The number of fused-ring (bicyclic) bond motifs is 1. The number of carbonyl (C=O) groups excluding carboxylic acids is 1. The average molecular weight is 434 g/mol. The predicted molar refractivity (Wildman–Crippen MR) is 108 cm³/mol. The molecule has 4 rings (SSSR count). The van der Waals surface area contributed by atoms with Crippen LogP contribution in [0.2, 0.25) is 0 Å². The molecule has 1 saturated heterocycles. The third-order valence-corrected chi connectivity index (χ3v) is 7.56. The van der Waals surface area contributed by atoms with Gasteiger partial charge in [-0.25, -0.2) is 8.42 Å². The van der Waals surface area contributed by atoms with E-state index in [1.807, 2.05) is 13.0 Å². The molecule has 0 radical (unpaired) electrons. The van der Waals surface area contributed by atoms with Crippen LogP contribution in [0, 0.1) is 6.92 Å². The molecule has 3 heterocycles. The standard InChI is InChI=1S/C19H19N3O5S2/c1-11-5-6-15-13(8-11)14(23)9-16(27-15)18(24)22-7-3-4-12(10-22)17-19(28-21-20-17)29(2,25)26/h5-6,8-9,12H,3-4,7,10H2,1-2H3/t12-/m0/s1. The van der Waals surface area contributed by atoms with Crippen molar-refractivity contribution in [1.29, 1.82) is 0 Å². The van der Waals surface area contributed by atoms with E-state index in [1.165, 1.54) is 6.07 Å². The van der Waals surface area contributed by atoms with Crippen molar-refractivity contribution in [3.63, 3.8) is 0 Å². The average Bonchev–Trinajstić information content (AvgIpc) is 3.18. The number of piperidine rings is 1. The zero-order valence-electron chi connectivity index (χ0n) is 15.9. The van der Waals surface area contributed by atoms with Gasteiger partial charge in [-0.1, -0.05) is 16.1 Å². The number of benzene rings is 1. The van der Waals surface area contributed by atoms with Gasteiger partial charge in [-0.15, -0.1) is 5.10 Å². The van der Waals surface area contributed by atoms with Gasteiger partial charge in [0, 0.05) is 42.9 Å². The highest BCUT2D eigenvalue weighted by Crippen LogP contribution is 2.32. The van der Waals surface area contributed by atoms with E-state index in [0.717, 1.165) is 23.4 Å². The first-order valence-corrected chi connectivity index (χ1v) is 11.8. The maximum Gasteiger partial charge on any atom is 0.289 e. The predicted octanol–water partition coefficient (Wildman–Crippen LogP) is 2.38. The van der Waals surface area contributed by atoms with Crippen molar-refractivity contribution in [2.45, 2.75) is 29.9 Å². The molecule has 1 amide bonds. The molecule has 0 saturated carbocycles. The van der Waals surface area contributed by atoms with Crippen molar-refractivity contribution in [1.82, 2.24) is 14.5 Å². The van der Waals surface area contributed by atoms with Crippen LogP contribution in [0.15, 0.2) is 37.7 Å². The fourth-order valence-electron chi connectivity index (χ4n) is 3.61. The van der Waals surface area contributed by atoms with Gasteiger partial charge >= 0.3 is 0 Å². The second kappa shape index (κ2) is 7.34. The van der Waals surface area contributed by atoms with Gasteiger partial charge in [-0.05, 0) is 31.9 Å². The Bertz CT molecular complexity index is 1260. The molecule has 1 aromatic carbocycles. The lowest BCUT2D eigenvalue weighted by atomic mass is 9.95. The number of aromatic nitrogens is 2. The topological polar surface area (TPSA) is 110 Å². The number of likely N-dealkylation sites (tertiary alicyclic amines) is 1. The number of aryl methyl sites for hydroxylation is 1. The Hall–Kier alpha value is -2.59. The third-order valence-electron chi connectivity index (χ3n) is 5.01. The molecule has 2 aromatic heterocycles. The van der Waals surface area contributed by atoms with E-state index in [1.54, 1.807) is 17.0 Å². The van der Waals surface area contributed by atoms with Crippen LogP contribution in [0.1, 0.15) is 40.6 Å². The highest BCUT2D eigenvalue weighted by atomic mass is 32.2. The maximum absolute atomic E-state index is 13.0. The largest absolute Gasteiger partial charge is 0.451 e. The second-order valence-electron chi connectivity index (χ2n) is 7.28. The number of sulfone groups is 1. The van der Waals surface area contributed by atoms with Crippen LogP contribution in [-0.4, -0.2) is 48.2 Å². The lowest BCUT2D eigenvalue weighted by molar-refractivity contribution is 0.0673. The van der Waals surface area contributed by atoms with Crippen LogP contribution < -0.4 is 5.43 Å². The summed E-state index contributed by atoms with van der Waals surface area (Å²) in [7, 11) is -3.43. The molecule has 10 heteroatoms. The van der Waals surface area contributed by atoms with Crippen LogP contribution in [0.4, 0.5) is 0 Å². The van der Waals surface area contributed by atoms with Crippen LogP contribution in [0.3, 0.4) is 0 Å².